The quantitative estimate of drug-likeness (QED) is 0.0629. The van der Waals surface area contributed by atoms with Crippen LogP contribution in [0.2, 0.25) is 0 Å². The van der Waals surface area contributed by atoms with E-state index in [-0.39, 0.29) is 46.8 Å². The van der Waals surface area contributed by atoms with Crippen LogP contribution >= 0.6 is 0 Å². The second-order valence-corrected chi connectivity index (χ2v) is 14.6. The number of rotatable bonds is 15. The molecule has 1 saturated heterocycles. The van der Waals surface area contributed by atoms with E-state index in [2.05, 4.69) is 82.7 Å². The topological polar surface area (TPSA) is 125 Å². The van der Waals surface area contributed by atoms with Gasteiger partial charge in [-0.25, -0.2) is 0 Å². The summed E-state index contributed by atoms with van der Waals surface area (Å²) in [6, 6.07) is -0.672. The van der Waals surface area contributed by atoms with Gasteiger partial charge in [-0.2, -0.15) is 0 Å². The Bertz CT molecular complexity index is 984. The van der Waals surface area contributed by atoms with Gasteiger partial charge in [0.05, 0.1) is 17.6 Å². The van der Waals surface area contributed by atoms with Gasteiger partial charge >= 0.3 is 7.12 Å². The van der Waals surface area contributed by atoms with Gasteiger partial charge in [0.1, 0.15) is 6.04 Å². The molecule has 7 atom stereocenters. The predicted molar refractivity (Wildman–Crippen MR) is 170 cm³/mol. The van der Waals surface area contributed by atoms with Gasteiger partial charge in [-0.3, -0.25) is 15.0 Å². The number of nitrogens with one attached hydrogen (secondary N) is 5. The molecule has 10 heteroatoms. The highest BCUT2D eigenvalue weighted by Gasteiger charge is 2.68. The molecule has 238 valence electrons. The molecule has 3 saturated carbocycles. The predicted octanol–water partition coefficient (Wildman–Crippen LogP) is 4.57. The van der Waals surface area contributed by atoms with Crippen molar-refractivity contribution in [2.45, 2.75) is 130 Å². The first-order valence-corrected chi connectivity index (χ1v) is 16.2. The van der Waals surface area contributed by atoms with Gasteiger partial charge in [0.2, 0.25) is 11.8 Å². The van der Waals surface area contributed by atoms with Crippen LogP contribution in [0.1, 0.15) is 107 Å². The third-order valence-electron chi connectivity index (χ3n) is 9.97. The van der Waals surface area contributed by atoms with Gasteiger partial charge in [0.25, 0.3) is 0 Å². The third kappa shape index (κ3) is 8.52. The van der Waals surface area contributed by atoms with Crippen molar-refractivity contribution in [3.8, 4) is 0 Å². The molecule has 42 heavy (non-hydrogen) atoms. The van der Waals surface area contributed by atoms with E-state index in [1.165, 1.54) is 12.0 Å². The molecule has 0 spiro atoms. The summed E-state index contributed by atoms with van der Waals surface area (Å²) in [5.41, 5.74) is 1.18. The number of guanidine groups is 1. The zero-order valence-electron chi connectivity index (χ0n) is 27.7. The van der Waals surface area contributed by atoms with Crippen molar-refractivity contribution < 1.29 is 18.9 Å². The molecule has 0 aromatic carbocycles. The lowest BCUT2D eigenvalue weighted by Gasteiger charge is -2.64. The number of hydrogen-bond donors (Lipinski definition) is 5. The molecular weight excluding hydrogens is 529 g/mol. The van der Waals surface area contributed by atoms with Gasteiger partial charge in [0.15, 0.2) is 5.96 Å². The van der Waals surface area contributed by atoms with E-state index < -0.39 is 13.2 Å². The van der Waals surface area contributed by atoms with Crippen molar-refractivity contribution in [1.29, 1.82) is 5.41 Å². The average Bonchev–Trinajstić information content (AvgIpc) is 3.26. The Kier molecular flexibility index (Phi) is 12.0. The van der Waals surface area contributed by atoms with Crippen LogP contribution in [0.25, 0.3) is 0 Å². The van der Waals surface area contributed by atoms with E-state index in [0.717, 1.165) is 25.7 Å². The summed E-state index contributed by atoms with van der Waals surface area (Å²) in [4.78, 5) is 26.9. The molecule has 2 amide bonds. The number of carbonyl (C=O) groups excluding carboxylic acids is 2. The zero-order chi connectivity index (χ0) is 31.2. The lowest BCUT2D eigenvalue weighted by Crippen LogP contribution is -2.65. The fourth-order valence-electron chi connectivity index (χ4n) is 7.31. The van der Waals surface area contributed by atoms with Gasteiger partial charge < -0.3 is 30.6 Å². The smallest absolute Gasteiger partial charge is 0.404 e. The maximum Gasteiger partial charge on any atom is 0.481 e. The Morgan fingerprint density at radius 1 is 1.10 bits per heavy atom. The van der Waals surface area contributed by atoms with Crippen molar-refractivity contribution in [2.24, 2.45) is 29.1 Å². The third-order valence-corrected chi connectivity index (χ3v) is 9.97. The fraction of sp³-hybridized carbons (Fsp3) is 0.844. The van der Waals surface area contributed by atoms with E-state index in [1.807, 2.05) is 0 Å². The normalized spacial score (nSPS) is 27.7. The van der Waals surface area contributed by atoms with Gasteiger partial charge in [-0.15, -0.1) is 0 Å². The summed E-state index contributed by atoms with van der Waals surface area (Å²) in [5.74, 6) is 1.26. The van der Waals surface area contributed by atoms with E-state index in [4.69, 9.17) is 14.7 Å². The molecule has 4 rings (SSSR count). The summed E-state index contributed by atoms with van der Waals surface area (Å²) >= 11 is 0. The van der Waals surface area contributed by atoms with Gasteiger partial charge in [0, 0.05) is 20.0 Å². The van der Waals surface area contributed by atoms with Crippen LogP contribution in [0.5, 0.6) is 0 Å². The van der Waals surface area contributed by atoms with Crippen LogP contribution in [0, 0.1) is 34.5 Å². The Morgan fingerprint density at radius 2 is 1.81 bits per heavy atom. The van der Waals surface area contributed by atoms with Crippen LogP contribution in [0.4, 0.5) is 0 Å². The molecule has 1 aliphatic heterocycles. The van der Waals surface area contributed by atoms with Gasteiger partial charge in [-0.05, 0) is 94.8 Å². The minimum atomic E-state index is -0.672. The first-order valence-electron chi connectivity index (χ1n) is 16.2. The van der Waals surface area contributed by atoms with Crippen LogP contribution in [0.15, 0.2) is 11.6 Å². The summed E-state index contributed by atoms with van der Waals surface area (Å²) in [5, 5.41) is 19.8. The molecule has 9 nitrogen and oxygen atoms in total. The van der Waals surface area contributed by atoms with E-state index in [0.29, 0.717) is 43.6 Å². The first kappa shape index (κ1) is 34.4. The minimum absolute atomic E-state index is 0.0442. The second-order valence-electron chi connectivity index (χ2n) is 14.6. The molecule has 0 aromatic heterocycles. The molecule has 3 aliphatic carbocycles. The second kappa shape index (κ2) is 14.6. The summed E-state index contributed by atoms with van der Waals surface area (Å²) in [6.07, 6.45) is 8.49. The highest BCUT2D eigenvalue weighted by atomic mass is 16.7. The Morgan fingerprint density at radius 3 is 2.43 bits per heavy atom. The Hall–Kier alpha value is -2.07. The Balaban J connectivity index is 1.67. The monoisotopic (exact) mass is 587 g/mol. The maximum absolute atomic E-state index is 13.8. The molecule has 4 fully saturated rings. The van der Waals surface area contributed by atoms with Gasteiger partial charge in [-0.1, -0.05) is 46.3 Å². The first-order chi connectivity index (χ1) is 19.7. The fourth-order valence-corrected chi connectivity index (χ4v) is 7.31. The van der Waals surface area contributed by atoms with Crippen molar-refractivity contribution in [1.82, 2.24) is 21.3 Å². The van der Waals surface area contributed by atoms with Crippen molar-refractivity contribution in [3.05, 3.63) is 11.6 Å². The molecule has 0 aromatic rings. The van der Waals surface area contributed by atoms with E-state index in [9.17, 15) is 9.59 Å². The molecule has 1 heterocycles. The molecular formula is C32H58BN5O4. The van der Waals surface area contributed by atoms with Crippen LogP contribution in [-0.4, -0.2) is 62.2 Å². The SMILES string of the molecule is CNC(=N)NCCC[C@H](NC(=O)C[C@H](C)CCC=C(C)C)C(=O)N[C@@H](CC(C)C)B1O[C@@H]2C[C@@H]3C[C@@H](C3(C)C)[C@]2(C)O1. The summed E-state index contributed by atoms with van der Waals surface area (Å²) < 4.78 is 13.3. The number of hydrogen-bond acceptors (Lipinski definition) is 5. The van der Waals surface area contributed by atoms with E-state index in [1.54, 1.807) is 7.05 Å². The van der Waals surface area contributed by atoms with Crippen LogP contribution in [-0.2, 0) is 18.9 Å². The van der Waals surface area contributed by atoms with E-state index >= 15 is 0 Å². The number of amides is 2. The molecule has 4 aliphatic rings. The standard InChI is InChI=1S/C32H58BN5O4/c1-20(2)12-10-13-22(5)17-28(39)37-24(14-11-15-36-30(34)35-9)29(40)38-27(16-21(3)4)33-41-26-19-23-18-25(31(23,6)7)32(26,8)42-33/h12,21-27H,10-11,13-19H2,1-9H3,(H,37,39)(H,38,40)(H3,34,35,36)/t22-,23+,24+,25+,26-,27+,32+/m1/s1. The molecule has 5 N–H and O–H groups in total. The zero-order valence-corrected chi connectivity index (χ0v) is 27.7. The van der Waals surface area contributed by atoms with Crippen LogP contribution < -0.4 is 21.3 Å². The van der Waals surface area contributed by atoms with Crippen LogP contribution in [0.3, 0.4) is 0 Å². The molecule has 2 bridgehead atoms. The van der Waals surface area contributed by atoms with Crippen molar-refractivity contribution in [3.63, 3.8) is 0 Å². The summed E-state index contributed by atoms with van der Waals surface area (Å²) in [7, 11) is 1.18. The lowest BCUT2D eigenvalue weighted by atomic mass is 9.43. The number of carbonyl (C=O) groups is 2. The Labute approximate surface area is 255 Å². The average molecular weight is 588 g/mol. The largest absolute Gasteiger partial charge is 0.481 e. The highest BCUT2D eigenvalue weighted by Crippen LogP contribution is 2.65. The van der Waals surface area contributed by atoms with Crippen molar-refractivity contribution >= 4 is 24.9 Å². The summed E-state index contributed by atoms with van der Waals surface area (Å²) in [6.45, 7) is 18.0. The number of allylic oxidation sites excluding steroid dienone is 2. The highest BCUT2D eigenvalue weighted by molar-refractivity contribution is 6.48. The molecule has 0 unspecified atom stereocenters. The minimum Gasteiger partial charge on any atom is -0.404 e. The lowest BCUT2D eigenvalue weighted by molar-refractivity contribution is -0.199. The van der Waals surface area contributed by atoms with Crippen molar-refractivity contribution in [2.75, 3.05) is 13.6 Å². The molecule has 0 radical (unpaired) electrons. The maximum atomic E-state index is 13.8.